The van der Waals surface area contributed by atoms with E-state index >= 15 is 0 Å². The molecule has 0 saturated heterocycles. The first-order valence-corrected chi connectivity index (χ1v) is 5.84. The number of rotatable bonds is 5. The molecule has 7 nitrogen and oxygen atoms in total. The Morgan fingerprint density at radius 3 is 2.41 bits per heavy atom. The maximum absolute atomic E-state index is 12.8. The molecule has 22 heavy (non-hydrogen) atoms. The van der Waals surface area contributed by atoms with Gasteiger partial charge in [-0.2, -0.15) is 13.2 Å². The van der Waals surface area contributed by atoms with Crippen molar-refractivity contribution in [1.82, 2.24) is 0 Å². The smallest absolute Gasteiger partial charge is 0.423 e. The van der Waals surface area contributed by atoms with E-state index in [1.807, 2.05) is 0 Å². The Bertz CT molecular complexity index is 613. The van der Waals surface area contributed by atoms with Gasteiger partial charge in [-0.3, -0.25) is 19.7 Å². The molecule has 1 N–H and O–H groups in total. The largest absolute Gasteiger partial charge is 0.480 e. The number of carbonyl (C=O) groups is 2. The Morgan fingerprint density at radius 2 is 2.00 bits per heavy atom. The molecule has 0 spiro atoms. The van der Waals surface area contributed by atoms with E-state index in [0.717, 1.165) is 6.07 Å². The summed E-state index contributed by atoms with van der Waals surface area (Å²) in [6, 6.07) is 1.56. The quantitative estimate of drug-likeness (QED) is 0.386. The lowest BCUT2D eigenvalue weighted by molar-refractivity contribution is -0.388. The highest BCUT2D eigenvalue weighted by Crippen LogP contribution is 2.37. The third-order valence-corrected chi connectivity index (χ3v) is 2.63. The fraction of sp³-hybridized carbons (Fsp3) is 0.333. The molecule has 120 valence electrons. The van der Waals surface area contributed by atoms with E-state index in [4.69, 9.17) is 5.11 Å². The molecule has 0 heterocycles. The Morgan fingerprint density at radius 1 is 1.41 bits per heavy atom. The van der Waals surface area contributed by atoms with Crippen LogP contribution in [0.4, 0.5) is 18.9 Å². The number of hydrogen-bond donors (Lipinski definition) is 1. The predicted molar refractivity (Wildman–Crippen MR) is 65.1 cm³/mol. The number of halogens is 3. The summed E-state index contributed by atoms with van der Waals surface area (Å²) in [5.74, 6) is -4.97. The van der Waals surface area contributed by atoms with Crippen LogP contribution in [0.25, 0.3) is 0 Å². The summed E-state index contributed by atoms with van der Waals surface area (Å²) in [5, 5.41) is 19.6. The molecule has 0 aliphatic carbocycles. The first kappa shape index (κ1) is 17.4. The second-order valence-electron chi connectivity index (χ2n) is 4.05. The van der Waals surface area contributed by atoms with Gasteiger partial charge in [-0.1, -0.05) is 6.07 Å². The average molecular weight is 321 g/mol. The van der Waals surface area contributed by atoms with Crippen molar-refractivity contribution in [2.24, 2.45) is 0 Å². The molecule has 0 fully saturated rings. The molecular weight excluding hydrogens is 311 g/mol. The monoisotopic (exact) mass is 321 g/mol. The first-order chi connectivity index (χ1) is 10.1. The molecule has 0 aliphatic rings. The molecule has 0 saturated carbocycles. The van der Waals surface area contributed by atoms with Crippen LogP contribution in [-0.2, 0) is 20.5 Å². The predicted octanol–water partition coefficient (Wildman–Crippen LogP) is 2.34. The number of nitro groups is 1. The number of nitrogens with zero attached hydrogens (tertiary/aromatic N) is 1. The minimum Gasteiger partial charge on any atom is -0.480 e. The highest BCUT2D eigenvalue weighted by atomic mass is 19.4. The molecule has 1 atom stereocenters. The van der Waals surface area contributed by atoms with Crippen molar-refractivity contribution in [1.29, 1.82) is 0 Å². The molecule has 1 unspecified atom stereocenters. The first-order valence-electron chi connectivity index (χ1n) is 5.84. The zero-order chi connectivity index (χ0) is 17.1. The van der Waals surface area contributed by atoms with Gasteiger partial charge in [0.2, 0.25) is 0 Å². The second-order valence-corrected chi connectivity index (χ2v) is 4.05. The number of nitro benzene ring substituents is 1. The summed E-state index contributed by atoms with van der Waals surface area (Å²) < 4.78 is 43.0. The number of aliphatic carboxylic acids is 1. The van der Waals surface area contributed by atoms with Crippen LogP contribution in [-0.4, -0.2) is 28.6 Å². The van der Waals surface area contributed by atoms with Crippen molar-refractivity contribution in [2.75, 3.05) is 6.61 Å². The lowest BCUT2D eigenvalue weighted by atomic mass is 9.96. The number of carboxylic acids is 1. The molecule has 10 heteroatoms. The van der Waals surface area contributed by atoms with Crippen LogP contribution in [0, 0.1) is 10.1 Å². The van der Waals surface area contributed by atoms with Crippen LogP contribution in [0.1, 0.15) is 24.0 Å². The van der Waals surface area contributed by atoms with Crippen molar-refractivity contribution in [2.45, 2.75) is 19.0 Å². The number of alkyl halides is 3. The van der Waals surface area contributed by atoms with Crippen LogP contribution in [0.3, 0.4) is 0 Å². The number of benzene rings is 1. The zero-order valence-electron chi connectivity index (χ0n) is 11.1. The SMILES string of the molecule is CCOC(=O)C(C(=O)O)c1ccc([N+](=O)[O-])c(C(F)(F)F)c1. The zero-order valence-corrected chi connectivity index (χ0v) is 11.1. The van der Waals surface area contributed by atoms with Crippen molar-refractivity contribution in [3.05, 3.63) is 39.4 Å². The minimum atomic E-state index is -5.07. The van der Waals surface area contributed by atoms with Crippen LogP contribution in [0.15, 0.2) is 18.2 Å². The Balaban J connectivity index is 3.44. The van der Waals surface area contributed by atoms with E-state index in [2.05, 4.69) is 4.74 Å². The topological polar surface area (TPSA) is 107 Å². The van der Waals surface area contributed by atoms with Gasteiger partial charge in [0.15, 0.2) is 5.92 Å². The van der Waals surface area contributed by atoms with Gasteiger partial charge in [-0.15, -0.1) is 0 Å². The van der Waals surface area contributed by atoms with Crippen molar-refractivity contribution >= 4 is 17.6 Å². The van der Waals surface area contributed by atoms with Crippen molar-refractivity contribution in [3.63, 3.8) is 0 Å². The fourth-order valence-electron chi connectivity index (χ4n) is 1.72. The van der Waals surface area contributed by atoms with E-state index in [9.17, 15) is 32.9 Å². The van der Waals surface area contributed by atoms with E-state index < -0.39 is 45.8 Å². The molecule has 0 amide bonds. The van der Waals surface area contributed by atoms with Gasteiger partial charge in [0.25, 0.3) is 5.69 Å². The molecular formula is C12H10F3NO6. The molecule has 1 aromatic rings. The molecule has 0 aromatic heterocycles. The summed E-state index contributed by atoms with van der Waals surface area (Å²) >= 11 is 0. The Labute approximate surface area is 121 Å². The third-order valence-electron chi connectivity index (χ3n) is 2.63. The molecule has 1 rings (SSSR count). The summed E-state index contributed by atoms with van der Waals surface area (Å²) in [4.78, 5) is 32.0. The van der Waals surface area contributed by atoms with Gasteiger partial charge < -0.3 is 9.84 Å². The normalized spacial score (nSPS) is 12.5. The van der Waals surface area contributed by atoms with Crippen LogP contribution in [0.5, 0.6) is 0 Å². The second kappa shape index (κ2) is 6.41. The molecule has 0 radical (unpaired) electrons. The Kier molecular flexibility index (Phi) is 5.07. The van der Waals surface area contributed by atoms with Gasteiger partial charge in [-0.25, -0.2) is 0 Å². The number of esters is 1. The van der Waals surface area contributed by atoms with E-state index in [1.54, 1.807) is 0 Å². The van der Waals surface area contributed by atoms with Crippen molar-refractivity contribution in [3.8, 4) is 0 Å². The molecule has 1 aromatic carbocycles. The van der Waals surface area contributed by atoms with Crippen LogP contribution in [0.2, 0.25) is 0 Å². The lowest BCUT2D eigenvalue weighted by Gasteiger charge is -2.14. The van der Waals surface area contributed by atoms with E-state index in [1.165, 1.54) is 6.92 Å². The fourth-order valence-corrected chi connectivity index (χ4v) is 1.72. The average Bonchev–Trinajstić information content (AvgIpc) is 2.37. The Hall–Kier alpha value is -2.65. The number of ether oxygens (including phenoxy) is 1. The van der Waals surface area contributed by atoms with Crippen molar-refractivity contribution < 1.29 is 37.5 Å². The van der Waals surface area contributed by atoms with E-state index in [-0.39, 0.29) is 12.7 Å². The van der Waals surface area contributed by atoms with Gasteiger partial charge >= 0.3 is 18.1 Å². The van der Waals surface area contributed by atoms with Gasteiger partial charge in [0.05, 0.1) is 11.5 Å². The standard InChI is InChI=1S/C12H10F3NO6/c1-2-22-11(19)9(10(17)18)6-3-4-8(16(20)21)7(5-6)12(13,14)15/h3-5,9H,2H2,1H3,(H,17,18). The van der Waals surface area contributed by atoms with Gasteiger partial charge in [-0.05, 0) is 18.6 Å². The summed E-state index contributed by atoms with van der Waals surface area (Å²) in [6.07, 6.45) is -5.07. The number of hydrogen-bond acceptors (Lipinski definition) is 5. The van der Waals surface area contributed by atoms with Gasteiger partial charge in [0.1, 0.15) is 5.56 Å². The maximum atomic E-state index is 12.8. The summed E-state index contributed by atoms with van der Waals surface area (Å²) in [5.41, 5.74) is -3.42. The van der Waals surface area contributed by atoms with Gasteiger partial charge in [0, 0.05) is 6.07 Å². The maximum Gasteiger partial charge on any atom is 0.423 e. The number of carbonyl (C=O) groups excluding carboxylic acids is 1. The molecule has 0 aliphatic heterocycles. The summed E-state index contributed by atoms with van der Waals surface area (Å²) in [6.45, 7) is 1.23. The molecule has 0 bridgehead atoms. The highest BCUT2D eigenvalue weighted by Gasteiger charge is 2.40. The minimum absolute atomic E-state index is 0.165. The summed E-state index contributed by atoms with van der Waals surface area (Å²) in [7, 11) is 0. The third kappa shape index (κ3) is 3.71. The van der Waals surface area contributed by atoms with Crippen LogP contribution >= 0.6 is 0 Å². The number of carboxylic acid groups (broad SMARTS) is 1. The highest BCUT2D eigenvalue weighted by molar-refractivity contribution is 6.00. The lowest BCUT2D eigenvalue weighted by Crippen LogP contribution is -2.24. The van der Waals surface area contributed by atoms with Crippen LogP contribution < -0.4 is 0 Å². The van der Waals surface area contributed by atoms with E-state index in [0.29, 0.717) is 6.07 Å².